The number of urea groups is 1. The zero-order valence-corrected chi connectivity index (χ0v) is 10.3. The lowest BCUT2D eigenvalue weighted by atomic mass is 10.0. The van der Waals surface area contributed by atoms with E-state index in [9.17, 15) is 4.79 Å². The van der Waals surface area contributed by atoms with Crippen molar-refractivity contribution in [3.63, 3.8) is 0 Å². The Morgan fingerprint density at radius 1 is 1.20 bits per heavy atom. The molecule has 2 heterocycles. The lowest BCUT2D eigenvalue weighted by Crippen LogP contribution is -2.49. The van der Waals surface area contributed by atoms with E-state index in [0.717, 1.165) is 37.7 Å². The van der Waals surface area contributed by atoms with Crippen molar-refractivity contribution >= 4 is 17.8 Å². The van der Waals surface area contributed by atoms with Crippen molar-refractivity contribution in [2.45, 2.75) is 19.8 Å². The molecule has 15 heavy (non-hydrogen) atoms. The fourth-order valence-corrected chi connectivity index (χ4v) is 3.22. The first kappa shape index (κ1) is 11.1. The molecule has 0 N–H and O–H groups in total. The van der Waals surface area contributed by atoms with Crippen LogP contribution in [0.1, 0.15) is 19.8 Å². The van der Waals surface area contributed by atoms with E-state index < -0.39 is 0 Å². The Balaban J connectivity index is 1.88. The fourth-order valence-electron chi connectivity index (χ4n) is 2.32. The molecule has 1 unspecified atom stereocenters. The van der Waals surface area contributed by atoms with Crippen molar-refractivity contribution in [3.8, 4) is 0 Å². The van der Waals surface area contributed by atoms with Gasteiger partial charge in [0.1, 0.15) is 0 Å². The minimum atomic E-state index is 0.279. The number of piperidine rings is 1. The molecule has 2 fully saturated rings. The first-order valence-corrected chi connectivity index (χ1v) is 7.04. The molecule has 2 aliphatic rings. The van der Waals surface area contributed by atoms with Crippen LogP contribution in [-0.4, -0.2) is 53.5 Å². The van der Waals surface area contributed by atoms with E-state index in [0.29, 0.717) is 5.92 Å². The standard InChI is InChI=1S/C11H20N2OS/c1-10-3-2-4-13(9-10)11(14)12-5-7-15-8-6-12/h10H,2-9H2,1H3. The lowest BCUT2D eigenvalue weighted by molar-refractivity contribution is 0.135. The maximum atomic E-state index is 12.1. The Hall–Kier alpha value is -0.380. The molecule has 1 atom stereocenters. The highest BCUT2D eigenvalue weighted by Crippen LogP contribution is 2.18. The van der Waals surface area contributed by atoms with Crippen molar-refractivity contribution in [2.75, 3.05) is 37.7 Å². The molecule has 2 rings (SSSR count). The van der Waals surface area contributed by atoms with Crippen LogP contribution in [0, 0.1) is 5.92 Å². The summed E-state index contributed by atoms with van der Waals surface area (Å²) in [5.74, 6) is 2.89. The van der Waals surface area contributed by atoms with Gasteiger partial charge in [0, 0.05) is 37.7 Å². The van der Waals surface area contributed by atoms with Crippen LogP contribution in [0.15, 0.2) is 0 Å². The van der Waals surface area contributed by atoms with Gasteiger partial charge in [0.2, 0.25) is 0 Å². The summed E-state index contributed by atoms with van der Waals surface area (Å²) in [4.78, 5) is 16.2. The molecular formula is C11H20N2OS. The predicted molar refractivity (Wildman–Crippen MR) is 64.3 cm³/mol. The van der Waals surface area contributed by atoms with E-state index in [1.54, 1.807) is 0 Å². The van der Waals surface area contributed by atoms with Gasteiger partial charge in [-0.05, 0) is 18.8 Å². The number of rotatable bonds is 0. The number of nitrogens with zero attached hydrogens (tertiary/aromatic N) is 2. The molecule has 2 aliphatic heterocycles. The van der Waals surface area contributed by atoms with Gasteiger partial charge in [-0.3, -0.25) is 0 Å². The number of carbonyl (C=O) groups is 1. The second-order valence-corrected chi connectivity index (χ2v) is 5.80. The van der Waals surface area contributed by atoms with E-state index in [-0.39, 0.29) is 6.03 Å². The zero-order valence-electron chi connectivity index (χ0n) is 9.45. The highest BCUT2D eigenvalue weighted by atomic mass is 32.2. The average molecular weight is 228 g/mol. The van der Waals surface area contributed by atoms with Crippen LogP contribution in [0.5, 0.6) is 0 Å². The van der Waals surface area contributed by atoms with Crippen molar-refractivity contribution in [2.24, 2.45) is 5.92 Å². The van der Waals surface area contributed by atoms with Gasteiger partial charge < -0.3 is 9.80 Å². The summed E-state index contributed by atoms with van der Waals surface area (Å²) in [6.45, 7) is 6.05. The minimum absolute atomic E-state index is 0.279. The number of hydrogen-bond acceptors (Lipinski definition) is 2. The van der Waals surface area contributed by atoms with Crippen LogP contribution in [0.25, 0.3) is 0 Å². The molecule has 2 amide bonds. The average Bonchev–Trinajstić information content (AvgIpc) is 2.29. The minimum Gasteiger partial charge on any atom is -0.324 e. The Morgan fingerprint density at radius 3 is 2.60 bits per heavy atom. The molecule has 0 aliphatic carbocycles. The number of amides is 2. The maximum absolute atomic E-state index is 12.1. The third kappa shape index (κ3) is 2.80. The number of thioether (sulfide) groups is 1. The normalized spacial score (nSPS) is 27.9. The molecule has 0 saturated carbocycles. The predicted octanol–water partition coefficient (Wildman–Crippen LogP) is 1.89. The molecule has 3 nitrogen and oxygen atoms in total. The number of likely N-dealkylation sites (tertiary alicyclic amines) is 1. The van der Waals surface area contributed by atoms with Gasteiger partial charge in [-0.1, -0.05) is 6.92 Å². The number of hydrogen-bond donors (Lipinski definition) is 0. The second-order valence-electron chi connectivity index (χ2n) is 4.58. The van der Waals surface area contributed by atoms with Crippen molar-refractivity contribution in [3.05, 3.63) is 0 Å². The molecule has 0 aromatic rings. The Labute approximate surface area is 96.2 Å². The molecule has 0 bridgehead atoms. The van der Waals surface area contributed by atoms with E-state index in [2.05, 4.69) is 6.92 Å². The molecule has 0 aromatic heterocycles. The van der Waals surface area contributed by atoms with Crippen LogP contribution >= 0.6 is 11.8 Å². The van der Waals surface area contributed by atoms with Gasteiger partial charge in [-0.25, -0.2) is 4.79 Å². The zero-order chi connectivity index (χ0) is 10.7. The molecular weight excluding hydrogens is 208 g/mol. The van der Waals surface area contributed by atoms with E-state index in [4.69, 9.17) is 0 Å². The van der Waals surface area contributed by atoms with Gasteiger partial charge in [-0.2, -0.15) is 11.8 Å². The summed E-state index contributed by atoms with van der Waals surface area (Å²) in [6, 6.07) is 0.279. The van der Waals surface area contributed by atoms with Gasteiger partial charge in [0.25, 0.3) is 0 Å². The van der Waals surface area contributed by atoms with Crippen LogP contribution < -0.4 is 0 Å². The molecule has 0 aromatic carbocycles. The second kappa shape index (κ2) is 5.10. The fraction of sp³-hybridized carbons (Fsp3) is 0.909. The van der Waals surface area contributed by atoms with E-state index in [1.165, 1.54) is 12.8 Å². The number of carbonyl (C=O) groups excluding carboxylic acids is 1. The van der Waals surface area contributed by atoms with Crippen molar-refractivity contribution < 1.29 is 4.79 Å². The summed E-state index contributed by atoms with van der Waals surface area (Å²) >= 11 is 1.95. The molecule has 2 saturated heterocycles. The largest absolute Gasteiger partial charge is 0.324 e. The third-order valence-electron chi connectivity index (χ3n) is 3.21. The monoisotopic (exact) mass is 228 g/mol. The SMILES string of the molecule is CC1CCCN(C(=O)N2CCSCC2)C1. The van der Waals surface area contributed by atoms with E-state index in [1.807, 2.05) is 21.6 Å². The molecule has 0 radical (unpaired) electrons. The summed E-state index contributed by atoms with van der Waals surface area (Å²) in [6.07, 6.45) is 2.45. The summed E-state index contributed by atoms with van der Waals surface area (Å²) in [5.41, 5.74) is 0. The smallest absolute Gasteiger partial charge is 0.320 e. The van der Waals surface area contributed by atoms with Gasteiger partial charge >= 0.3 is 6.03 Å². The quantitative estimate of drug-likeness (QED) is 0.632. The van der Waals surface area contributed by atoms with Crippen LogP contribution in [0.4, 0.5) is 4.79 Å². The van der Waals surface area contributed by atoms with Crippen LogP contribution in [0.3, 0.4) is 0 Å². The maximum Gasteiger partial charge on any atom is 0.320 e. The van der Waals surface area contributed by atoms with Gasteiger partial charge in [-0.15, -0.1) is 0 Å². The Morgan fingerprint density at radius 2 is 1.93 bits per heavy atom. The topological polar surface area (TPSA) is 23.6 Å². The van der Waals surface area contributed by atoms with Gasteiger partial charge in [0.15, 0.2) is 0 Å². The highest BCUT2D eigenvalue weighted by Gasteiger charge is 2.25. The summed E-state index contributed by atoms with van der Waals surface area (Å²) in [7, 11) is 0. The molecule has 0 spiro atoms. The first-order chi connectivity index (χ1) is 7.27. The molecule has 86 valence electrons. The first-order valence-electron chi connectivity index (χ1n) is 5.89. The summed E-state index contributed by atoms with van der Waals surface area (Å²) in [5, 5.41) is 0. The Kier molecular flexibility index (Phi) is 3.78. The lowest BCUT2D eigenvalue weighted by Gasteiger charge is -2.36. The Bertz CT molecular complexity index is 229. The highest BCUT2D eigenvalue weighted by molar-refractivity contribution is 7.99. The van der Waals surface area contributed by atoms with Gasteiger partial charge in [0.05, 0.1) is 0 Å². The van der Waals surface area contributed by atoms with Crippen LogP contribution in [0.2, 0.25) is 0 Å². The third-order valence-corrected chi connectivity index (χ3v) is 4.15. The van der Waals surface area contributed by atoms with E-state index >= 15 is 0 Å². The summed E-state index contributed by atoms with van der Waals surface area (Å²) < 4.78 is 0. The van der Waals surface area contributed by atoms with Crippen molar-refractivity contribution in [1.29, 1.82) is 0 Å². The van der Waals surface area contributed by atoms with Crippen LogP contribution in [-0.2, 0) is 0 Å². The van der Waals surface area contributed by atoms with Crippen molar-refractivity contribution in [1.82, 2.24) is 9.80 Å². The molecule has 4 heteroatoms.